The number of Topliss-reactive ketones (excluding diaryl/α,β-unsaturated/α-hetero) is 1. The van der Waals surface area contributed by atoms with Crippen LogP contribution in [0.1, 0.15) is 115 Å². The summed E-state index contributed by atoms with van der Waals surface area (Å²) in [6.45, 7) is 14.0. The fraction of sp³-hybridized carbons (Fsp3) is 0.389. The number of carbonyl (C=O) groups excluding carboxylic acids is 3. The number of nitrogens with one attached hydrogen (secondary N) is 2. The topological polar surface area (TPSA) is 191 Å². The maximum absolute atomic E-state index is 14.5. The second kappa shape index (κ2) is 20.2. The number of aliphatic hydroxyl groups excluding tert-OH is 1. The number of hydrogen-bond donors (Lipinski definition) is 3. The van der Waals surface area contributed by atoms with E-state index in [1.54, 1.807) is 39.7 Å². The molecule has 10 rings (SSSR count). The molecule has 18 heteroatoms. The SMILES string of the molecule is Cc1ncsc1-c1ccc([C@H](C)NC(=O)[C@@H]2C[C@@H](O)CC2C(=O)[C@@H](C(C)C)n2cc(-c3ccnc(OC4CC(NC(=O)C[C@@H]5N=C(c6ccc(Cl)cc6)c6c(sc(C)c6C)-n6c(C)nnc65)C4)c3)cn2)cc1. The van der Waals surface area contributed by atoms with Crippen LogP contribution < -0.4 is 15.4 Å². The van der Waals surface area contributed by atoms with E-state index < -0.39 is 30.0 Å². The van der Waals surface area contributed by atoms with Crippen LogP contribution in [-0.2, 0) is 14.4 Å². The molecule has 3 aliphatic rings. The maximum Gasteiger partial charge on any atom is 0.224 e. The lowest BCUT2D eigenvalue weighted by atomic mass is 9.84. The summed E-state index contributed by atoms with van der Waals surface area (Å²) in [5.41, 5.74) is 10.3. The molecule has 0 radical (unpaired) electrons. The first-order chi connectivity index (χ1) is 34.6. The summed E-state index contributed by atoms with van der Waals surface area (Å²) in [5.74, 6) is -0.199. The minimum Gasteiger partial charge on any atom is -0.474 e. The second-order valence-electron chi connectivity index (χ2n) is 19.7. The minimum atomic E-state index is -0.765. The first-order valence-corrected chi connectivity index (χ1v) is 26.5. The Bertz CT molecular complexity index is 3190. The first kappa shape index (κ1) is 49.2. The molecule has 2 amide bonds. The van der Waals surface area contributed by atoms with Crippen LogP contribution in [0.4, 0.5) is 0 Å². The van der Waals surface area contributed by atoms with Gasteiger partial charge in [0, 0.05) is 69.9 Å². The lowest BCUT2D eigenvalue weighted by molar-refractivity contribution is -0.135. The van der Waals surface area contributed by atoms with Crippen molar-refractivity contribution in [3.63, 3.8) is 0 Å². The maximum atomic E-state index is 14.5. The van der Waals surface area contributed by atoms with Crippen molar-refractivity contribution in [3.8, 4) is 32.4 Å². The van der Waals surface area contributed by atoms with E-state index in [4.69, 9.17) is 21.3 Å². The summed E-state index contributed by atoms with van der Waals surface area (Å²) < 4.78 is 10.0. The molecule has 72 heavy (non-hydrogen) atoms. The van der Waals surface area contributed by atoms with E-state index in [1.807, 2.05) is 112 Å². The molecule has 15 nitrogen and oxygen atoms in total. The van der Waals surface area contributed by atoms with Crippen molar-refractivity contribution in [2.24, 2.45) is 22.7 Å². The molecule has 1 aliphatic heterocycles. The number of thiazole rings is 1. The lowest BCUT2D eigenvalue weighted by Crippen LogP contribution is -2.49. The number of nitrogens with zero attached hydrogens (tertiary/aromatic N) is 8. The van der Waals surface area contributed by atoms with Gasteiger partial charge in [-0.25, -0.2) is 9.97 Å². The van der Waals surface area contributed by atoms with Gasteiger partial charge in [0.25, 0.3) is 0 Å². The van der Waals surface area contributed by atoms with Crippen LogP contribution in [0.2, 0.25) is 5.02 Å². The van der Waals surface area contributed by atoms with Gasteiger partial charge in [0.2, 0.25) is 17.7 Å². The summed E-state index contributed by atoms with van der Waals surface area (Å²) in [4.78, 5) is 58.5. The highest BCUT2D eigenvalue weighted by Crippen LogP contribution is 2.41. The van der Waals surface area contributed by atoms with Gasteiger partial charge in [0.05, 0.1) is 52.5 Å². The number of aliphatic imine (C=N–C) groups is 1. The largest absolute Gasteiger partial charge is 0.474 e. The Balaban J connectivity index is 0.762. The van der Waals surface area contributed by atoms with E-state index in [1.165, 1.54) is 4.88 Å². The molecular formula is C54H57ClN10O5S2. The smallest absolute Gasteiger partial charge is 0.224 e. The van der Waals surface area contributed by atoms with Gasteiger partial charge in [-0.15, -0.1) is 32.9 Å². The average molecular weight is 1030 g/mol. The van der Waals surface area contributed by atoms with Crippen LogP contribution in [0.15, 0.2) is 89.8 Å². The monoisotopic (exact) mass is 1020 g/mol. The number of pyridine rings is 1. The van der Waals surface area contributed by atoms with E-state index >= 15 is 0 Å². The van der Waals surface area contributed by atoms with Crippen LogP contribution in [-0.4, -0.2) is 81.2 Å². The van der Waals surface area contributed by atoms with Gasteiger partial charge in [-0.3, -0.25) is 28.6 Å². The number of thiophene rings is 1. The van der Waals surface area contributed by atoms with Crippen molar-refractivity contribution in [1.29, 1.82) is 0 Å². The number of ketones is 1. The standard InChI is InChI=1S/C54H57ClN10O5S2/c1-27(2)49(50(68)42-21-40(66)22-43(42)53(69)59-29(4)33-8-10-35(11-9-33)51-30(5)57-26-71-51)64-25-37(24-58-64)36-16-17-56-46(18-36)70-41-19-39(20-41)60-45(67)23-44-52-63-62-32(7)65(52)54-47(28(3)31(6)72-54)48(61-44)34-12-14-38(55)15-13-34/h8-18,24-27,29,39-44,49,66H,19-23H2,1-7H3,(H,59,69)(H,60,67)/t29-,39?,40-,41?,42?,43+,44-,49+/m0/s1. The molecule has 2 aliphatic carbocycles. The van der Waals surface area contributed by atoms with Crippen molar-refractivity contribution in [2.75, 3.05) is 0 Å². The van der Waals surface area contributed by atoms with E-state index in [0.717, 1.165) is 66.1 Å². The number of benzene rings is 2. The Hall–Kier alpha value is -6.40. The quantitative estimate of drug-likeness (QED) is 0.0891. The predicted molar refractivity (Wildman–Crippen MR) is 279 cm³/mol. The van der Waals surface area contributed by atoms with Gasteiger partial charge in [-0.1, -0.05) is 61.8 Å². The van der Waals surface area contributed by atoms with Gasteiger partial charge < -0.3 is 20.5 Å². The third kappa shape index (κ3) is 9.78. The second-order valence-corrected chi connectivity index (χ2v) is 22.2. The molecule has 0 bridgehead atoms. The van der Waals surface area contributed by atoms with Crippen LogP contribution in [0, 0.1) is 45.4 Å². The number of aliphatic hydroxyl groups is 1. The number of amides is 2. The molecule has 7 aromatic rings. The molecule has 6 heterocycles. The normalized spacial score (nSPS) is 21.2. The number of fused-ring (bicyclic) bond motifs is 3. The molecule has 0 spiro atoms. The highest BCUT2D eigenvalue weighted by molar-refractivity contribution is 7.15. The number of halogens is 1. The van der Waals surface area contributed by atoms with Crippen LogP contribution in [0.5, 0.6) is 5.88 Å². The Morgan fingerprint density at radius 1 is 0.889 bits per heavy atom. The van der Waals surface area contributed by atoms with Gasteiger partial charge in [-0.05, 0) is 93.8 Å². The number of aromatic nitrogens is 7. The van der Waals surface area contributed by atoms with E-state index in [9.17, 15) is 19.5 Å². The molecule has 6 atom stereocenters. The number of rotatable bonds is 15. The Morgan fingerprint density at radius 2 is 1.62 bits per heavy atom. The molecule has 3 N–H and O–H groups in total. The van der Waals surface area contributed by atoms with Gasteiger partial charge in [0.1, 0.15) is 29.0 Å². The van der Waals surface area contributed by atoms with Gasteiger partial charge in [0.15, 0.2) is 11.6 Å². The molecule has 2 fully saturated rings. The summed E-state index contributed by atoms with van der Waals surface area (Å²) in [6, 6.07) is 17.8. The molecule has 2 saturated carbocycles. The number of aryl methyl sites for hydroxylation is 3. The van der Waals surface area contributed by atoms with Crippen LogP contribution >= 0.6 is 34.3 Å². The van der Waals surface area contributed by atoms with Crippen LogP contribution in [0.3, 0.4) is 0 Å². The van der Waals surface area contributed by atoms with Gasteiger partial charge in [-0.2, -0.15) is 5.10 Å². The summed E-state index contributed by atoms with van der Waals surface area (Å²) in [7, 11) is 0. The summed E-state index contributed by atoms with van der Waals surface area (Å²) in [5, 5.41) is 32.4. The number of carbonyl (C=O) groups is 3. The first-order valence-electron chi connectivity index (χ1n) is 24.5. The zero-order valence-corrected chi connectivity index (χ0v) is 43.6. The molecule has 1 unspecified atom stereocenters. The van der Waals surface area contributed by atoms with Crippen molar-refractivity contribution < 1.29 is 24.2 Å². The predicted octanol–water partition coefficient (Wildman–Crippen LogP) is 9.64. The van der Waals surface area contributed by atoms with Crippen molar-refractivity contribution in [1.82, 2.24) is 45.1 Å². The van der Waals surface area contributed by atoms with Crippen LogP contribution in [0.25, 0.3) is 26.6 Å². The Kier molecular flexibility index (Phi) is 13.8. The Labute approximate surface area is 431 Å². The summed E-state index contributed by atoms with van der Waals surface area (Å²) >= 11 is 9.55. The fourth-order valence-corrected chi connectivity index (χ4v) is 12.5. The molecule has 5 aromatic heterocycles. The third-order valence-electron chi connectivity index (χ3n) is 14.4. The summed E-state index contributed by atoms with van der Waals surface area (Å²) in [6.07, 6.45) is 6.06. The van der Waals surface area contributed by atoms with E-state index in [0.29, 0.717) is 29.6 Å². The molecule has 372 valence electrons. The van der Waals surface area contributed by atoms with Crippen molar-refractivity contribution in [2.45, 2.75) is 117 Å². The fourth-order valence-electron chi connectivity index (χ4n) is 10.3. The zero-order chi connectivity index (χ0) is 50.5. The van der Waals surface area contributed by atoms with Crippen molar-refractivity contribution >= 4 is 57.6 Å². The Morgan fingerprint density at radius 3 is 2.35 bits per heavy atom. The minimum absolute atomic E-state index is 0.0855. The number of ether oxygens (including phenoxy) is 1. The third-order valence-corrected chi connectivity index (χ3v) is 16.8. The van der Waals surface area contributed by atoms with E-state index in [2.05, 4.69) is 49.7 Å². The highest BCUT2D eigenvalue weighted by atomic mass is 35.5. The molecule has 2 aromatic carbocycles. The average Bonchev–Trinajstić information content (AvgIpc) is 4.19. The molecular weight excluding hydrogens is 968 g/mol. The number of hydrogen-bond acceptors (Lipinski definition) is 13. The molecule has 0 saturated heterocycles. The van der Waals surface area contributed by atoms with Gasteiger partial charge >= 0.3 is 0 Å². The van der Waals surface area contributed by atoms with E-state index in [-0.39, 0.29) is 61.0 Å². The zero-order valence-electron chi connectivity index (χ0n) is 41.2. The lowest BCUT2D eigenvalue weighted by Gasteiger charge is -2.35. The van der Waals surface area contributed by atoms with Crippen molar-refractivity contribution in [3.05, 3.63) is 134 Å². The highest BCUT2D eigenvalue weighted by Gasteiger charge is 2.46.